The number of carbonyl (C=O) groups is 4. The van der Waals surface area contributed by atoms with E-state index in [0.29, 0.717) is 22.2 Å². The van der Waals surface area contributed by atoms with Gasteiger partial charge in [-0.15, -0.1) is 0 Å². The van der Waals surface area contributed by atoms with E-state index in [1.165, 1.54) is 13.2 Å². The standard InChI is InChI=1S/C16H11N3O6S2/c1-24-9-4-7(5-10-13(21)18-15(17)26-10)2-3-8(9)25-12(20)6-11-14(22)19-16(23)27-11/h2-6H,1H3,(H2,17,18,21)(H,19,22,23)/b10-5-,11-6+. The van der Waals surface area contributed by atoms with Crippen LogP contribution in [0.1, 0.15) is 5.56 Å². The van der Waals surface area contributed by atoms with Gasteiger partial charge in [0.05, 0.1) is 16.9 Å². The third kappa shape index (κ3) is 4.38. The second-order valence-electron chi connectivity index (χ2n) is 5.05. The molecule has 3 rings (SSSR count). The lowest BCUT2D eigenvalue weighted by Gasteiger charge is -2.09. The Morgan fingerprint density at radius 3 is 2.56 bits per heavy atom. The Balaban J connectivity index is 1.77. The molecule has 1 aromatic rings. The van der Waals surface area contributed by atoms with Crippen molar-refractivity contribution >= 4 is 57.8 Å². The Bertz CT molecular complexity index is 967. The van der Waals surface area contributed by atoms with Crippen LogP contribution in [0.3, 0.4) is 0 Å². The highest BCUT2D eigenvalue weighted by molar-refractivity contribution is 8.18. The summed E-state index contributed by atoms with van der Waals surface area (Å²) in [7, 11) is 1.39. The number of carbonyl (C=O) groups excluding carboxylic acids is 4. The highest BCUT2D eigenvalue weighted by Crippen LogP contribution is 2.32. The van der Waals surface area contributed by atoms with Crippen LogP contribution in [0.15, 0.2) is 39.1 Å². The Hall–Kier alpha value is -3.05. The van der Waals surface area contributed by atoms with Crippen molar-refractivity contribution < 1.29 is 28.7 Å². The van der Waals surface area contributed by atoms with Crippen molar-refractivity contribution in [2.24, 2.45) is 10.7 Å². The first-order valence-corrected chi connectivity index (χ1v) is 8.92. The van der Waals surface area contributed by atoms with Crippen LogP contribution in [0.5, 0.6) is 11.5 Å². The number of amides is 3. The lowest BCUT2D eigenvalue weighted by molar-refractivity contribution is -0.129. The van der Waals surface area contributed by atoms with E-state index in [2.05, 4.69) is 4.99 Å². The maximum Gasteiger partial charge on any atom is 0.337 e. The zero-order valence-electron chi connectivity index (χ0n) is 13.7. The molecule has 0 radical (unpaired) electrons. The number of rotatable bonds is 4. The van der Waals surface area contributed by atoms with E-state index in [1.807, 2.05) is 5.32 Å². The molecule has 3 amide bonds. The summed E-state index contributed by atoms with van der Waals surface area (Å²) in [6.07, 6.45) is 2.51. The van der Waals surface area contributed by atoms with Gasteiger partial charge in [-0.25, -0.2) is 4.79 Å². The van der Waals surface area contributed by atoms with Crippen molar-refractivity contribution in [1.29, 1.82) is 0 Å². The third-order valence-electron chi connectivity index (χ3n) is 3.22. The minimum atomic E-state index is -0.838. The number of nitrogens with one attached hydrogen (secondary N) is 1. The fourth-order valence-electron chi connectivity index (χ4n) is 2.10. The topological polar surface area (TPSA) is 137 Å². The summed E-state index contributed by atoms with van der Waals surface area (Å²) in [5.41, 5.74) is 6.12. The molecule has 0 saturated carbocycles. The second-order valence-corrected chi connectivity index (χ2v) is 7.13. The van der Waals surface area contributed by atoms with Crippen LogP contribution in [-0.4, -0.2) is 35.3 Å². The fourth-order valence-corrected chi connectivity index (χ4v) is 3.43. The Morgan fingerprint density at radius 2 is 1.96 bits per heavy atom. The summed E-state index contributed by atoms with van der Waals surface area (Å²) in [4.78, 5) is 50.1. The largest absolute Gasteiger partial charge is 0.493 e. The highest BCUT2D eigenvalue weighted by atomic mass is 32.2. The number of amidine groups is 1. The molecule has 0 spiro atoms. The number of benzene rings is 1. The van der Waals surface area contributed by atoms with Gasteiger partial charge in [0.2, 0.25) is 0 Å². The van der Waals surface area contributed by atoms with E-state index in [9.17, 15) is 19.2 Å². The number of methoxy groups -OCH3 is 1. The molecule has 2 aliphatic heterocycles. The minimum Gasteiger partial charge on any atom is -0.493 e. The molecule has 0 atom stereocenters. The number of nitrogens with two attached hydrogens (primary N) is 1. The van der Waals surface area contributed by atoms with Gasteiger partial charge in [0, 0.05) is 6.08 Å². The number of ether oxygens (including phenoxy) is 2. The van der Waals surface area contributed by atoms with Gasteiger partial charge in [-0.2, -0.15) is 4.99 Å². The summed E-state index contributed by atoms with van der Waals surface area (Å²) in [6, 6.07) is 4.64. The number of hydrogen-bond acceptors (Lipinski definition) is 9. The van der Waals surface area contributed by atoms with Crippen LogP contribution in [-0.2, 0) is 14.4 Å². The number of aliphatic imine (C=N–C) groups is 1. The Labute approximate surface area is 161 Å². The number of imide groups is 1. The van der Waals surface area contributed by atoms with Crippen molar-refractivity contribution in [3.63, 3.8) is 0 Å². The zero-order valence-corrected chi connectivity index (χ0v) is 15.3. The smallest absolute Gasteiger partial charge is 0.337 e. The molecule has 138 valence electrons. The summed E-state index contributed by atoms with van der Waals surface area (Å²) in [5, 5.41) is 1.65. The maximum atomic E-state index is 12.0. The molecule has 1 saturated heterocycles. The third-order valence-corrected chi connectivity index (χ3v) is 4.85. The number of nitrogens with zero attached hydrogens (tertiary/aromatic N) is 1. The first-order valence-electron chi connectivity index (χ1n) is 7.28. The first-order chi connectivity index (χ1) is 12.9. The molecule has 11 heteroatoms. The van der Waals surface area contributed by atoms with E-state index in [1.54, 1.807) is 18.2 Å². The van der Waals surface area contributed by atoms with E-state index in [0.717, 1.165) is 17.8 Å². The second kappa shape index (κ2) is 7.68. The van der Waals surface area contributed by atoms with E-state index in [4.69, 9.17) is 15.2 Å². The average Bonchev–Trinajstić information content (AvgIpc) is 3.09. The molecule has 2 aliphatic rings. The highest BCUT2D eigenvalue weighted by Gasteiger charge is 2.26. The van der Waals surface area contributed by atoms with Crippen molar-refractivity contribution in [3.8, 4) is 11.5 Å². The summed E-state index contributed by atoms with van der Waals surface area (Å²) in [6.45, 7) is 0. The van der Waals surface area contributed by atoms with Crippen LogP contribution < -0.4 is 20.5 Å². The predicted molar refractivity (Wildman–Crippen MR) is 100 cm³/mol. The van der Waals surface area contributed by atoms with Gasteiger partial charge < -0.3 is 15.2 Å². The number of hydrogen-bond donors (Lipinski definition) is 2. The number of esters is 1. The van der Waals surface area contributed by atoms with Gasteiger partial charge in [-0.1, -0.05) is 6.07 Å². The summed E-state index contributed by atoms with van der Waals surface area (Å²) < 4.78 is 10.4. The summed E-state index contributed by atoms with van der Waals surface area (Å²) >= 11 is 1.66. The SMILES string of the molecule is COc1cc(/C=C2\SC(N)=NC2=O)ccc1OC(=O)/C=C1/SC(=O)NC1=O. The number of thioether (sulfide) groups is 2. The van der Waals surface area contributed by atoms with Gasteiger partial charge in [0.25, 0.3) is 17.1 Å². The van der Waals surface area contributed by atoms with Gasteiger partial charge in [0.15, 0.2) is 16.7 Å². The Morgan fingerprint density at radius 1 is 1.19 bits per heavy atom. The molecule has 27 heavy (non-hydrogen) atoms. The summed E-state index contributed by atoms with van der Waals surface area (Å²) in [5.74, 6) is -1.58. The lowest BCUT2D eigenvalue weighted by Crippen LogP contribution is -2.18. The molecule has 0 unspecified atom stereocenters. The zero-order chi connectivity index (χ0) is 19.6. The van der Waals surface area contributed by atoms with Crippen molar-refractivity contribution in [2.75, 3.05) is 7.11 Å². The van der Waals surface area contributed by atoms with E-state index < -0.39 is 23.0 Å². The van der Waals surface area contributed by atoms with Crippen LogP contribution in [0, 0.1) is 0 Å². The van der Waals surface area contributed by atoms with Crippen LogP contribution in [0.25, 0.3) is 6.08 Å². The van der Waals surface area contributed by atoms with Gasteiger partial charge in [0.1, 0.15) is 0 Å². The van der Waals surface area contributed by atoms with E-state index in [-0.39, 0.29) is 21.6 Å². The maximum absolute atomic E-state index is 12.0. The normalized spacial score (nSPS) is 19.4. The molecule has 9 nitrogen and oxygen atoms in total. The fraction of sp³-hybridized carbons (Fsp3) is 0.0625. The van der Waals surface area contributed by atoms with Gasteiger partial charge in [-0.05, 0) is 47.3 Å². The molecular weight excluding hydrogens is 394 g/mol. The van der Waals surface area contributed by atoms with Crippen LogP contribution >= 0.6 is 23.5 Å². The predicted octanol–water partition coefficient (Wildman–Crippen LogP) is 1.40. The Kier molecular flexibility index (Phi) is 5.33. The van der Waals surface area contributed by atoms with E-state index >= 15 is 0 Å². The quantitative estimate of drug-likeness (QED) is 0.432. The lowest BCUT2D eigenvalue weighted by atomic mass is 10.2. The molecule has 1 aromatic carbocycles. The molecular formula is C16H11N3O6S2. The first kappa shape index (κ1) is 18.7. The average molecular weight is 405 g/mol. The molecule has 0 aromatic heterocycles. The molecule has 0 bridgehead atoms. The van der Waals surface area contributed by atoms with Crippen LogP contribution in [0.2, 0.25) is 0 Å². The molecule has 0 aliphatic carbocycles. The molecule has 3 N–H and O–H groups in total. The van der Waals surface area contributed by atoms with Crippen molar-refractivity contribution in [3.05, 3.63) is 39.6 Å². The molecule has 1 fully saturated rings. The minimum absolute atomic E-state index is 0.0559. The van der Waals surface area contributed by atoms with Crippen molar-refractivity contribution in [1.82, 2.24) is 5.32 Å². The van der Waals surface area contributed by atoms with Crippen molar-refractivity contribution in [2.45, 2.75) is 0 Å². The van der Waals surface area contributed by atoms with Gasteiger partial charge >= 0.3 is 5.97 Å². The molecule has 2 heterocycles. The van der Waals surface area contributed by atoms with Gasteiger partial charge in [-0.3, -0.25) is 19.7 Å². The monoisotopic (exact) mass is 405 g/mol. The van der Waals surface area contributed by atoms with Crippen LogP contribution in [0.4, 0.5) is 4.79 Å².